The van der Waals surface area contributed by atoms with E-state index in [9.17, 15) is 8.78 Å². The minimum atomic E-state index is -0.217. The largest absolute Gasteiger partial charge is 0.324 e. The Bertz CT molecular complexity index is 724. The quantitative estimate of drug-likeness (QED) is 0.634. The third-order valence-electron chi connectivity index (χ3n) is 7.00. The van der Waals surface area contributed by atoms with E-state index in [0.717, 1.165) is 34.1 Å². The van der Waals surface area contributed by atoms with Crippen molar-refractivity contribution in [2.45, 2.75) is 50.1 Å². The Hall–Kier alpha value is -1.74. The summed E-state index contributed by atoms with van der Waals surface area (Å²) in [5, 5.41) is 0. The first kappa shape index (κ1) is 17.7. The summed E-state index contributed by atoms with van der Waals surface area (Å²) in [7, 11) is 4.74. The molecule has 2 aromatic rings. The summed E-state index contributed by atoms with van der Waals surface area (Å²) in [6, 6.07) is 15.2. The number of hydrogen-bond donors (Lipinski definition) is 0. The molecule has 2 aromatic carbocycles. The van der Waals surface area contributed by atoms with E-state index in [2.05, 4.69) is 14.1 Å². The Labute approximate surface area is 155 Å². The average Bonchev–Trinajstić information content (AvgIpc) is 2.77. The van der Waals surface area contributed by atoms with Gasteiger partial charge in [-0.25, -0.2) is 8.78 Å². The maximum absolute atomic E-state index is 13.9. The Morgan fingerprint density at radius 3 is 1.85 bits per heavy atom. The van der Waals surface area contributed by atoms with Crippen LogP contribution in [0.5, 0.6) is 0 Å². The Kier molecular flexibility index (Phi) is 4.60. The van der Waals surface area contributed by atoms with Gasteiger partial charge in [-0.2, -0.15) is 0 Å². The van der Waals surface area contributed by atoms with Crippen molar-refractivity contribution in [3.63, 3.8) is 0 Å². The number of quaternary nitrogens is 1. The van der Waals surface area contributed by atoms with E-state index < -0.39 is 0 Å². The first-order valence-electron chi connectivity index (χ1n) is 9.77. The zero-order valence-corrected chi connectivity index (χ0v) is 15.7. The number of halogens is 2. The molecule has 0 spiro atoms. The second-order valence-electron chi connectivity index (χ2n) is 8.75. The SMILES string of the molecule is C[N+]1(C)C2CCC1CC(CC(c1cccc(F)c1)c1cccc(F)c1)C2. The molecule has 0 amide bonds. The molecular formula is C23H28F2N+. The number of hydrogen-bond acceptors (Lipinski definition) is 0. The molecule has 2 aliphatic heterocycles. The van der Waals surface area contributed by atoms with Gasteiger partial charge >= 0.3 is 0 Å². The first-order valence-corrected chi connectivity index (χ1v) is 9.77. The lowest BCUT2D eigenvalue weighted by atomic mass is 9.78. The summed E-state index contributed by atoms with van der Waals surface area (Å²) in [6.07, 6.45) is 6.06. The highest BCUT2D eigenvalue weighted by atomic mass is 19.1. The highest BCUT2D eigenvalue weighted by Gasteiger charge is 2.49. The molecule has 2 aliphatic rings. The van der Waals surface area contributed by atoms with Crippen molar-refractivity contribution >= 4 is 0 Å². The summed E-state index contributed by atoms with van der Waals surface area (Å²) >= 11 is 0. The van der Waals surface area contributed by atoms with Crippen LogP contribution in [0.15, 0.2) is 48.5 Å². The molecule has 138 valence electrons. The molecule has 0 radical (unpaired) electrons. The molecule has 0 aromatic heterocycles. The summed E-state index contributed by atoms with van der Waals surface area (Å²) in [4.78, 5) is 0. The number of nitrogens with zero attached hydrogens (tertiary/aromatic N) is 1. The van der Waals surface area contributed by atoms with Crippen LogP contribution >= 0.6 is 0 Å². The van der Waals surface area contributed by atoms with Crippen molar-refractivity contribution < 1.29 is 13.3 Å². The fourth-order valence-electron chi connectivity index (χ4n) is 5.43. The molecule has 26 heavy (non-hydrogen) atoms. The molecule has 2 unspecified atom stereocenters. The van der Waals surface area contributed by atoms with E-state index in [1.165, 1.54) is 37.8 Å². The van der Waals surface area contributed by atoms with Gasteiger partial charge in [0.15, 0.2) is 0 Å². The van der Waals surface area contributed by atoms with E-state index in [1.807, 2.05) is 12.1 Å². The van der Waals surface area contributed by atoms with E-state index in [4.69, 9.17) is 0 Å². The maximum Gasteiger partial charge on any atom is 0.123 e. The zero-order chi connectivity index (χ0) is 18.3. The number of benzene rings is 2. The second kappa shape index (κ2) is 6.77. The van der Waals surface area contributed by atoms with Crippen LogP contribution in [0.1, 0.15) is 49.1 Å². The Morgan fingerprint density at radius 1 is 0.885 bits per heavy atom. The Balaban J connectivity index is 1.62. The third kappa shape index (κ3) is 3.29. The van der Waals surface area contributed by atoms with Gasteiger partial charge in [0, 0.05) is 31.6 Å². The lowest BCUT2D eigenvalue weighted by molar-refractivity contribution is -0.931. The van der Waals surface area contributed by atoms with Gasteiger partial charge in [-0.15, -0.1) is 0 Å². The minimum absolute atomic E-state index is 0.0551. The molecule has 2 saturated heterocycles. The van der Waals surface area contributed by atoms with Gasteiger partial charge in [0.25, 0.3) is 0 Å². The fraction of sp³-hybridized carbons (Fsp3) is 0.478. The lowest BCUT2D eigenvalue weighted by Crippen LogP contribution is -2.54. The first-order chi connectivity index (χ1) is 12.4. The number of fused-ring (bicyclic) bond motifs is 2. The monoisotopic (exact) mass is 356 g/mol. The molecule has 4 rings (SSSR count). The molecule has 0 aliphatic carbocycles. The van der Waals surface area contributed by atoms with Crippen LogP contribution in [0.3, 0.4) is 0 Å². The van der Waals surface area contributed by atoms with Crippen molar-refractivity contribution in [1.82, 2.24) is 0 Å². The van der Waals surface area contributed by atoms with Crippen LogP contribution < -0.4 is 0 Å². The van der Waals surface area contributed by atoms with Crippen LogP contribution in [-0.4, -0.2) is 30.7 Å². The van der Waals surface area contributed by atoms with E-state index in [0.29, 0.717) is 5.92 Å². The van der Waals surface area contributed by atoms with E-state index in [1.54, 1.807) is 24.3 Å². The van der Waals surface area contributed by atoms with Gasteiger partial charge in [-0.3, -0.25) is 0 Å². The molecule has 0 saturated carbocycles. The van der Waals surface area contributed by atoms with Crippen LogP contribution in [0.2, 0.25) is 0 Å². The van der Waals surface area contributed by atoms with Gasteiger partial charge in [0.05, 0.1) is 26.2 Å². The zero-order valence-electron chi connectivity index (χ0n) is 15.7. The molecule has 2 atom stereocenters. The predicted molar refractivity (Wildman–Crippen MR) is 101 cm³/mol. The van der Waals surface area contributed by atoms with Crippen molar-refractivity contribution in [2.24, 2.45) is 5.92 Å². The van der Waals surface area contributed by atoms with Gasteiger partial charge in [0.1, 0.15) is 11.6 Å². The molecule has 2 heterocycles. The van der Waals surface area contributed by atoms with Crippen LogP contribution in [0.25, 0.3) is 0 Å². The van der Waals surface area contributed by atoms with Gasteiger partial charge < -0.3 is 4.48 Å². The standard InChI is InChI=1S/C23H28F2N/c1-26(2)21-9-10-22(26)12-16(11-21)13-23(17-5-3-7-19(24)14-17)18-6-4-8-20(25)15-18/h3-8,14-16,21-23H,9-13H2,1-2H3/q+1. The number of rotatable bonds is 4. The topological polar surface area (TPSA) is 0 Å². The molecule has 3 heteroatoms. The number of piperidine rings is 1. The third-order valence-corrected chi connectivity index (χ3v) is 7.00. The molecule has 1 nitrogen and oxygen atoms in total. The molecular weight excluding hydrogens is 328 g/mol. The van der Waals surface area contributed by atoms with Gasteiger partial charge in [-0.1, -0.05) is 24.3 Å². The fourth-order valence-corrected chi connectivity index (χ4v) is 5.43. The van der Waals surface area contributed by atoms with E-state index >= 15 is 0 Å². The summed E-state index contributed by atoms with van der Waals surface area (Å²) in [5.74, 6) is 0.241. The highest BCUT2D eigenvalue weighted by Crippen LogP contribution is 2.46. The van der Waals surface area contributed by atoms with Crippen molar-refractivity contribution in [3.05, 3.63) is 71.3 Å². The molecule has 0 N–H and O–H groups in total. The predicted octanol–water partition coefficient (Wildman–Crippen LogP) is 5.50. The molecule has 2 bridgehead atoms. The maximum atomic E-state index is 13.9. The summed E-state index contributed by atoms with van der Waals surface area (Å²) in [6.45, 7) is 0. The average molecular weight is 356 g/mol. The summed E-state index contributed by atoms with van der Waals surface area (Å²) in [5.41, 5.74) is 1.92. The van der Waals surface area contributed by atoms with Crippen LogP contribution in [0.4, 0.5) is 8.78 Å². The van der Waals surface area contributed by atoms with Crippen LogP contribution in [0, 0.1) is 17.6 Å². The van der Waals surface area contributed by atoms with Crippen molar-refractivity contribution in [1.29, 1.82) is 0 Å². The minimum Gasteiger partial charge on any atom is -0.324 e. The smallest absolute Gasteiger partial charge is 0.123 e. The van der Waals surface area contributed by atoms with Crippen molar-refractivity contribution in [2.75, 3.05) is 14.1 Å². The lowest BCUT2D eigenvalue weighted by Gasteiger charge is -2.45. The second-order valence-corrected chi connectivity index (χ2v) is 8.75. The Morgan fingerprint density at radius 2 is 1.38 bits per heavy atom. The molecule has 2 fully saturated rings. The van der Waals surface area contributed by atoms with E-state index in [-0.39, 0.29) is 17.6 Å². The highest BCUT2D eigenvalue weighted by molar-refractivity contribution is 5.33. The van der Waals surface area contributed by atoms with Crippen LogP contribution in [-0.2, 0) is 0 Å². The normalized spacial score (nSPS) is 27.0. The van der Waals surface area contributed by atoms with Gasteiger partial charge in [0.2, 0.25) is 0 Å². The van der Waals surface area contributed by atoms with Crippen molar-refractivity contribution in [3.8, 4) is 0 Å². The van der Waals surface area contributed by atoms with Gasteiger partial charge in [-0.05, 0) is 47.7 Å². The summed E-state index contributed by atoms with van der Waals surface area (Å²) < 4.78 is 28.9.